The fraction of sp³-hybridized carbons (Fsp3) is 0.364. The number of ether oxygens (including phenoxy) is 2. The van der Waals surface area contributed by atoms with Crippen LogP contribution in [0.1, 0.15) is 6.42 Å². The van der Waals surface area contributed by atoms with E-state index in [1.165, 1.54) is 0 Å². The normalized spacial score (nSPS) is 20.3. The molecule has 0 radical (unpaired) electrons. The molecule has 1 aliphatic heterocycles. The lowest BCUT2D eigenvalue weighted by Gasteiger charge is -2.23. The first kappa shape index (κ1) is 9.83. The summed E-state index contributed by atoms with van der Waals surface area (Å²) in [6.45, 7) is 1.07. The summed E-state index contributed by atoms with van der Waals surface area (Å²) in [6, 6.07) is 9.50. The van der Waals surface area contributed by atoms with Crippen LogP contribution in [0, 0.1) is 0 Å². The predicted octanol–water partition coefficient (Wildman–Crippen LogP) is 1.56. The Balaban J connectivity index is 1.80. The molecular formula is C11H13NO3. The molecule has 1 aromatic carbocycles. The molecule has 0 aromatic heterocycles. The van der Waals surface area contributed by atoms with Crippen LogP contribution in [-0.2, 0) is 4.74 Å². The lowest BCUT2D eigenvalue weighted by Crippen LogP contribution is -2.40. The van der Waals surface area contributed by atoms with Crippen LogP contribution in [0.3, 0.4) is 0 Å². The van der Waals surface area contributed by atoms with Crippen LogP contribution in [0.5, 0.6) is 5.75 Å². The maximum atomic E-state index is 10.9. The minimum atomic E-state index is -0.358. The molecule has 1 amide bonds. The Morgan fingerprint density at radius 2 is 2.20 bits per heavy atom. The van der Waals surface area contributed by atoms with Gasteiger partial charge in [0.25, 0.3) is 0 Å². The first-order chi connectivity index (χ1) is 7.34. The second kappa shape index (κ2) is 4.68. The van der Waals surface area contributed by atoms with E-state index in [9.17, 15) is 4.79 Å². The van der Waals surface area contributed by atoms with Gasteiger partial charge in [-0.1, -0.05) is 18.2 Å². The highest BCUT2D eigenvalue weighted by Gasteiger charge is 2.19. The van der Waals surface area contributed by atoms with Gasteiger partial charge in [0, 0.05) is 13.0 Å². The quantitative estimate of drug-likeness (QED) is 0.818. The Labute approximate surface area is 88.2 Å². The molecule has 2 rings (SSSR count). The molecule has 0 aliphatic carbocycles. The molecular weight excluding hydrogens is 194 g/mol. The lowest BCUT2D eigenvalue weighted by molar-refractivity contribution is 0.0442. The van der Waals surface area contributed by atoms with Gasteiger partial charge >= 0.3 is 6.09 Å². The fourth-order valence-corrected chi connectivity index (χ4v) is 1.41. The molecule has 1 saturated heterocycles. The molecule has 1 N–H and O–H groups in total. The summed E-state index contributed by atoms with van der Waals surface area (Å²) in [7, 11) is 0. The average molecular weight is 207 g/mol. The number of nitrogens with one attached hydrogen (secondary N) is 1. The van der Waals surface area contributed by atoms with Gasteiger partial charge in [-0.05, 0) is 12.1 Å². The zero-order valence-corrected chi connectivity index (χ0v) is 8.31. The first-order valence-electron chi connectivity index (χ1n) is 4.97. The number of benzene rings is 1. The van der Waals surface area contributed by atoms with E-state index in [0.717, 1.165) is 12.2 Å². The van der Waals surface area contributed by atoms with E-state index in [2.05, 4.69) is 5.32 Å². The minimum absolute atomic E-state index is 0.140. The number of para-hydroxylation sites is 1. The topological polar surface area (TPSA) is 47.6 Å². The van der Waals surface area contributed by atoms with Crippen molar-refractivity contribution in [3.8, 4) is 5.75 Å². The second-order valence-corrected chi connectivity index (χ2v) is 3.37. The van der Waals surface area contributed by atoms with Gasteiger partial charge in [-0.3, -0.25) is 0 Å². The van der Waals surface area contributed by atoms with Gasteiger partial charge in [0.1, 0.15) is 18.5 Å². The second-order valence-electron chi connectivity index (χ2n) is 3.37. The Morgan fingerprint density at radius 1 is 1.40 bits per heavy atom. The van der Waals surface area contributed by atoms with E-state index in [1.54, 1.807) is 0 Å². The molecule has 15 heavy (non-hydrogen) atoms. The van der Waals surface area contributed by atoms with Crippen LogP contribution in [0.4, 0.5) is 4.79 Å². The van der Waals surface area contributed by atoms with Crippen molar-refractivity contribution < 1.29 is 14.3 Å². The van der Waals surface area contributed by atoms with Crippen LogP contribution in [0.25, 0.3) is 0 Å². The monoisotopic (exact) mass is 207 g/mol. The highest BCUT2D eigenvalue weighted by molar-refractivity contribution is 5.68. The third-order valence-corrected chi connectivity index (χ3v) is 2.19. The molecule has 1 aromatic rings. The molecule has 0 saturated carbocycles. The van der Waals surface area contributed by atoms with Crippen LogP contribution in [0.15, 0.2) is 30.3 Å². The van der Waals surface area contributed by atoms with E-state index in [-0.39, 0.29) is 12.2 Å². The van der Waals surface area contributed by atoms with Crippen LogP contribution >= 0.6 is 0 Å². The predicted molar refractivity (Wildman–Crippen MR) is 54.8 cm³/mol. The number of carbonyl (C=O) groups is 1. The molecule has 1 fully saturated rings. The number of carbonyl (C=O) groups excluding carboxylic acids is 1. The van der Waals surface area contributed by atoms with Crippen molar-refractivity contribution in [3.63, 3.8) is 0 Å². The first-order valence-corrected chi connectivity index (χ1v) is 4.97. The Morgan fingerprint density at radius 3 is 2.93 bits per heavy atom. The van der Waals surface area contributed by atoms with Crippen LogP contribution in [0.2, 0.25) is 0 Å². The molecule has 4 nitrogen and oxygen atoms in total. The molecule has 1 heterocycles. The van der Waals surface area contributed by atoms with Gasteiger partial charge in [0.2, 0.25) is 0 Å². The number of alkyl carbamates (subject to hydrolysis) is 1. The molecule has 4 heteroatoms. The Kier molecular flexibility index (Phi) is 3.07. The third-order valence-electron chi connectivity index (χ3n) is 2.19. The van der Waals surface area contributed by atoms with Gasteiger partial charge in [-0.2, -0.15) is 0 Å². The van der Waals surface area contributed by atoms with E-state index < -0.39 is 0 Å². The van der Waals surface area contributed by atoms with Crippen LogP contribution in [-0.4, -0.2) is 25.3 Å². The van der Waals surface area contributed by atoms with Crippen molar-refractivity contribution in [1.82, 2.24) is 5.32 Å². The van der Waals surface area contributed by atoms with Gasteiger partial charge in [-0.15, -0.1) is 0 Å². The summed E-state index contributed by atoms with van der Waals surface area (Å²) < 4.78 is 10.5. The summed E-state index contributed by atoms with van der Waals surface area (Å²) in [5.74, 6) is 0.798. The van der Waals surface area contributed by atoms with Crippen molar-refractivity contribution in [3.05, 3.63) is 30.3 Å². The van der Waals surface area contributed by atoms with Crippen LogP contribution < -0.4 is 10.1 Å². The molecule has 80 valence electrons. The van der Waals surface area contributed by atoms with Crippen molar-refractivity contribution in [2.45, 2.75) is 12.5 Å². The van der Waals surface area contributed by atoms with Gasteiger partial charge in [-0.25, -0.2) is 4.79 Å². The Hall–Kier alpha value is -1.71. The van der Waals surface area contributed by atoms with Crippen molar-refractivity contribution in [2.24, 2.45) is 0 Å². The average Bonchev–Trinajstić information content (AvgIpc) is 2.28. The third kappa shape index (κ3) is 2.87. The number of hydrogen-bond acceptors (Lipinski definition) is 3. The van der Waals surface area contributed by atoms with Gasteiger partial charge in [0.15, 0.2) is 0 Å². The summed E-state index contributed by atoms with van der Waals surface area (Å²) in [4.78, 5) is 10.9. The van der Waals surface area contributed by atoms with Crippen molar-refractivity contribution in [2.75, 3.05) is 13.2 Å². The number of rotatable bonds is 3. The number of amides is 1. The largest absolute Gasteiger partial charge is 0.490 e. The summed E-state index contributed by atoms with van der Waals surface area (Å²) >= 11 is 0. The highest BCUT2D eigenvalue weighted by atomic mass is 16.6. The molecule has 1 atom stereocenters. The highest BCUT2D eigenvalue weighted by Crippen LogP contribution is 2.11. The fourth-order valence-electron chi connectivity index (χ4n) is 1.41. The van der Waals surface area contributed by atoms with Gasteiger partial charge < -0.3 is 14.8 Å². The van der Waals surface area contributed by atoms with Crippen molar-refractivity contribution >= 4 is 6.09 Å². The number of hydrogen-bond donors (Lipinski definition) is 1. The van der Waals surface area contributed by atoms with E-state index in [1.807, 2.05) is 30.3 Å². The molecule has 0 bridgehead atoms. The molecule has 1 aliphatic rings. The zero-order valence-electron chi connectivity index (χ0n) is 8.31. The maximum absolute atomic E-state index is 10.9. The Bertz CT molecular complexity index is 326. The lowest BCUT2D eigenvalue weighted by atomic mass is 10.2. The summed E-state index contributed by atoms with van der Waals surface area (Å²) in [5, 5.41) is 2.59. The SMILES string of the molecule is O=C1NCCC(COc2ccccc2)O1. The standard InChI is InChI=1S/C11H13NO3/c13-11-12-7-6-10(15-11)8-14-9-4-2-1-3-5-9/h1-5,10H,6-8H2,(H,12,13). The van der Waals surface area contributed by atoms with Crippen molar-refractivity contribution in [1.29, 1.82) is 0 Å². The smallest absolute Gasteiger partial charge is 0.407 e. The summed E-state index contributed by atoms with van der Waals surface area (Å²) in [6.07, 6.45) is 0.292. The van der Waals surface area contributed by atoms with E-state index in [4.69, 9.17) is 9.47 Å². The molecule has 0 spiro atoms. The van der Waals surface area contributed by atoms with E-state index in [0.29, 0.717) is 13.2 Å². The maximum Gasteiger partial charge on any atom is 0.407 e. The van der Waals surface area contributed by atoms with E-state index >= 15 is 0 Å². The summed E-state index contributed by atoms with van der Waals surface area (Å²) in [5.41, 5.74) is 0. The molecule has 1 unspecified atom stereocenters. The minimum Gasteiger partial charge on any atom is -0.490 e. The zero-order chi connectivity index (χ0) is 10.5. The van der Waals surface area contributed by atoms with Gasteiger partial charge in [0.05, 0.1) is 0 Å². The number of cyclic esters (lactones) is 1.